The molecule has 2 atom stereocenters. The Kier molecular flexibility index (Phi) is 6.38. The van der Waals surface area contributed by atoms with E-state index < -0.39 is 0 Å². The van der Waals surface area contributed by atoms with E-state index in [9.17, 15) is 15.3 Å². The van der Waals surface area contributed by atoms with E-state index in [1.807, 2.05) is 0 Å². The van der Waals surface area contributed by atoms with Crippen LogP contribution in [-0.2, 0) is 0 Å². The standard InChI is InChI=1S/C12H18O3S3/c1-7(13)4-10-16-11(5-8(2)14)18-12(17-10)6-9(3)15/h4-6,10-15H,1-3H3/b7-4-,8-5+,9-6+. The van der Waals surface area contributed by atoms with Gasteiger partial charge in [0, 0.05) is 0 Å². The minimum Gasteiger partial charge on any atom is -0.513 e. The molecule has 0 amide bonds. The zero-order valence-corrected chi connectivity index (χ0v) is 13.0. The van der Waals surface area contributed by atoms with Gasteiger partial charge in [0.05, 0.1) is 31.0 Å². The maximum Gasteiger partial charge on any atom is 0.0871 e. The van der Waals surface area contributed by atoms with Gasteiger partial charge in [-0.05, 0) is 39.0 Å². The topological polar surface area (TPSA) is 60.7 Å². The second-order valence-corrected chi connectivity index (χ2v) is 8.70. The highest BCUT2D eigenvalue weighted by atomic mass is 32.3. The van der Waals surface area contributed by atoms with Crippen molar-refractivity contribution < 1.29 is 15.3 Å². The molecule has 0 saturated carbocycles. The zero-order chi connectivity index (χ0) is 13.7. The van der Waals surface area contributed by atoms with Crippen LogP contribution >= 0.6 is 35.3 Å². The van der Waals surface area contributed by atoms with E-state index in [2.05, 4.69) is 0 Å². The predicted molar refractivity (Wildman–Crippen MR) is 83.3 cm³/mol. The van der Waals surface area contributed by atoms with Crippen LogP contribution in [0.15, 0.2) is 35.5 Å². The van der Waals surface area contributed by atoms with Crippen molar-refractivity contribution in [3.8, 4) is 0 Å². The lowest BCUT2D eigenvalue weighted by molar-refractivity contribution is 0.413. The van der Waals surface area contributed by atoms with Crippen molar-refractivity contribution in [3.63, 3.8) is 0 Å². The third kappa shape index (κ3) is 6.02. The molecule has 18 heavy (non-hydrogen) atoms. The normalized spacial score (nSPS) is 31.5. The largest absolute Gasteiger partial charge is 0.513 e. The van der Waals surface area contributed by atoms with Crippen LogP contribution in [0.2, 0.25) is 0 Å². The molecule has 0 spiro atoms. The molecule has 3 N–H and O–H groups in total. The molecule has 0 aromatic rings. The van der Waals surface area contributed by atoms with Gasteiger partial charge in [0.2, 0.25) is 0 Å². The molecule has 0 radical (unpaired) electrons. The van der Waals surface area contributed by atoms with Crippen LogP contribution in [0.3, 0.4) is 0 Å². The van der Waals surface area contributed by atoms with Gasteiger partial charge in [-0.1, -0.05) is 0 Å². The van der Waals surface area contributed by atoms with Crippen LogP contribution in [-0.4, -0.2) is 29.1 Å². The smallest absolute Gasteiger partial charge is 0.0871 e. The summed E-state index contributed by atoms with van der Waals surface area (Å²) in [6.45, 7) is 4.94. The Bertz CT molecular complexity index is 302. The fourth-order valence-corrected chi connectivity index (χ4v) is 7.32. The van der Waals surface area contributed by atoms with E-state index in [4.69, 9.17) is 0 Å². The highest BCUT2D eigenvalue weighted by Gasteiger charge is 2.27. The molecule has 1 aliphatic heterocycles. The molecule has 1 heterocycles. The first-order valence-corrected chi connectivity index (χ1v) is 8.28. The SMILES string of the molecule is C/C(O)=C/C1SC(/C=C(\C)O)SC(/C=C(\C)O)S1. The molecule has 3 nitrogen and oxygen atoms in total. The van der Waals surface area contributed by atoms with Crippen LogP contribution in [0.4, 0.5) is 0 Å². The second kappa shape index (κ2) is 7.31. The summed E-state index contributed by atoms with van der Waals surface area (Å²) in [6, 6.07) is 0. The average Bonchev–Trinajstić information content (AvgIpc) is 2.12. The molecular weight excluding hydrogens is 288 g/mol. The Morgan fingerprint density at radius 3 is 1.06 bits per heavy atom. The Labute approximate surface area is 120 Å². The van der Waals surface area contributed by atoms with Crippen LogP contribution in [0, 0.1) is 0 Å². The minimum absolute atomic E-state index is 0.109. The number of hydrogen-bond donors (Lipinski definition) is 3. The number of hydrogen-bond acceptors (Lipinski definition) is 6. The van der Waals surface area contributed by atoms with Crippen molar-refractivity contribution in [1.82, 2.24) is 0 Å². The van der Waals surface area contributed by atoms with Crippen molar-refractivity contribution in [2.75, 3.05) is 0 Å². The average molecular weight is 306 g/mol. The molecule has 2 unspecified atom stereocenters. The predicted octanol–water partition coefficient (Wildman–Crippen LogP) is 4.56. The molecule has 0 aliphatic carbocycles. The highest BCUT2D eigenvalue weighted by molar-refractivity contribution is 8.34. The summed E-state index contributed by atoms with van der Waals surface area (Å²) in [5.41, 5.74) is 0. The van der Waals surface area contributed by atoms with E-state index in [1.165, 1.54) is 0 Å². The Hall–Kier alpha value is -0.330. The first-order chi connectivity index (χ1) is 8.36. The third-order valence-electron chi connectivity index (χ3n) is 1.94. The number of allylic oxidation sites excluding steroid dienone is 3. The molecule has 102 valence electrons. The molecule has 0 aromatic heterocycles. The molecule has 0 bridgehead atoms. The van der Waals surface area contributed by atoms with Gasteiger partial charge in [0.1, 0.15) is 0 Å². The van der Waals surface area contributed by atoms with Gasteiger partial charge >= 0.3 is 0 Å². The van der Waals surface area contributed by atoms with Crippen LogP contribution in [0.1, 0.15) is 20.8 Å². The number of thioether (sulfide) groups is 3. The molecule has 1 aliphatic rings. The summed E-state index contributed by atoms with van der Waals surface area (Å²) < 4.78 is 0.326. The van der Waals surface area contributed by atoms with Crippen molar-refractivity contribution in [2.45, 2.75) is 34.5 Å². The number of rotatable bonds is 3. The molecule has 1 rings (SSSR count). The number of aliphatic hydroxyl groups excluding tert-OH is 3. The first-order valence-electron chi connectivity index (χ1n) is 5.45. The quantitative estimate of drug-likeness (QED) is 0.664. The number of aliphatic hydroxyl groups is 3. The van der Waals surface area contributed by atoms with Crippen molar-refractivity contribution in [2.24, 2.45) is 0 Å². The van der Waals surface area contributed by atoms with Crippen LogP contribution in [0.25, 0.3) is 0 Å². The van der Waals surface area contributed by atoms with Gasteiger partial charge in [0.15, 0.2) is 0 Å². The maximum atomic E-state index is 9.34. The first kappa shape index (κ1) is 15.7. The summed E-state index contributed by atoms with van der Waals surface area (Å²) in [5, 5.41) is 28.0. The van der Waals surface area contributed by atoms with Crippen LogP contribution in [0.5, 0.6) is 0 Å². The molecule has 0 aromatic carbocycles. The Morgan fingerprint density at radius 2 is 0.889 bits per heavy atom. The van der Waals surface area contributed by atoms with Gasteiger partial charge in [0.25, 0.3) is 0 Å². The van der Waals surface area contributed by atoms with Crippen molar-refractivity contribution in [1.29, 1.82) is 0 Å². The van der Waals surface area contributed by atoms with Gasteiger partial charge in [-0.3, -0.25) is 0 Å². The summed E-state index contributed by atoms with van der Waals surface area (Å²) in [7, 11) is 0. The zero-order valence-electron chi connectivity index (χ0n) is 10.5. The summed E-state index contributed by atoms with van der Waals surface area (Å²) in [4.78, 5) is 0. The van der Waals surface area contributed by atoms with E-state index >= 15 is 0 Å². The summed E-state index contributed by atoms with van der Waals surface area (Å²) >= 11 is 4.98. The summed E-state index contributed by atoms with van der Waals surface area (Å²) in [6.07, 6.45) is 5.36. The van der Waals surface area contributed by atoms with E-state index in [1.54, 1.807) is 74.3 Å². The van der Waals surface area contributed by atoms with Gasteiger partial charge in [-0.25, -0.2) is 0 Å². The van der Waals surface area contributed by atoms with Gasteiger partial charge in [-0.2, -0.15) is 0 Å². The lowest BCUT2D eigenvalue weighted by atomic mass is 10.5. The van der Waals surface area contributed by atoms with E-state index in [0.29, 0.717) is 17.3 Å². The molecule has 1 fully saturated rings. The Balaban J connectivity index is 2.82. The molecular formula is C12H18O3S3. The molecule has 1 saturated heterocycles. The van der Waals surface area contributed by atoms with Crippen molar-refractivity contribution >= 4 is 35.3 Å². The monoisotopic (exact) mass is 306 g/mol. The van der Waals surface area contributed by atoms with Crippen molar-refractivity contribution in [3.05, 3.63) is 35.5 Å². The fraction of sp³-hybridized carbons (Fsp3) is 0.500. The van der Waals surface area contributed by atoms with Gasteiger partial charge in [-0.15, -0.1) is 35.3 Å². The fourth-order valence-electron chi connectivity index (χ4n) is 1.32. The maximum absolute atomic E-state index is 9.34. The lowest BCUT2D eigenvalue weighted by Crippen LogP contribution is -2.15. The highest BCUT2D eigenvalue weighted by Crippen LogP contribution is 2.49. The Morgan fingerprint density at radius 1 is 0.667 bits per heavy atom. The van der Waals surface area contributed by atoms with Gasteiger partial charge < -0.3 is 15.3 Å². The van der Waals surface area contributed by atoms with Crippen LogP contribution < -0.4 is 0 Å². The second-order valence-electron chi connectivity index (χ2n) is 3.94. The lowest BCUT2D eigenvalue weighted by Gasteiger charge is -2.29. The molecule has 6 heteroatoms. The van der Waals surface area contributed by atoms with E-state index in [-0.39, 0.29) is 13.7 Å². The van der Waals surface area contributed by atoms with E-state index in [0.717, 1.165) is 0 Å². The summed E-state index contributed by atoms with van der Waals surface area (Å²) in [5.74, 6) is 0.872. The third-order valence-corrected chi connectivity index (χ3v) is 6.36. The minimum atomic E-state index is 0.109.